The number of carbonyl (C=O) groups excluding carboxylic acids is 3. The van der Waals surface area contributed by atoms with Crippen LogP contribution in [0.1, 0.15) is 57.0 Å². The molecule has 0 fully saturated rings. The van der Waals surface area contributed by atoms with Crippen LogP contribution in [0.3, 0.4) is 0 Å². The first-order valence-corrected chi connectivity index (χ1v) is 11.2. The molecule has 4 N–H and O–H groups in total. The Hall–Kier alpha value is -3.19. The van der Waals surface area contributed by atoms with Crippen molar-refractivity contribution in [1.29, 1.82) is 0 Å². The van der Waals surface area contributed by atoms with Gasteiger partial charge in [-0.15, -0.1) is 0 Å². The van der Waals surface area contributed by atoms with Gasteiger partial charge in [-0.2, -0.15) is 0 Å². The predicted octanol–water partition coefficient (Wildman–Crippen LogP) is 3.22. The van der Waals surface area contributed by atoms with E-state index in [1.54, 1.807) is 48.5 Å². The van der Waals surface area contributed by atoms with Gasteiger partial charge in [0.25, 0.3) is 0 Å². The van der Waals surface area contributed by atoms with Crippen molar-refractivity contribution in [2.24, 2.45) is 11.7 Å². The van der Waals surface area contributed by atoms with Crippen LogP contribution in [0.25, 0.3) is 0 Å². The molecule has 0 aliphatic carbocycles. The second-order valence-corrected chi connectivity index (χ2v) is 9.64. The lowest BCUT2D eigenvalue weighted by Gasteiger charge is -2.26. The van der Waals surface area contributed by atoms with Crippen LogP contribution < -0.4 is 21.1 Å². The highest BCUT2D eigenvalue weighted by Gasteiger charge is 2.27. The van der Waals surface area contributed by atoms with Gasteiger partial charge >= 0.3 is 5.97 Å². The van der Waals surface area contributed by atoms with Gasteiger partial charge in [-0.25, -0.2) is 4.79 Å². The summed E-state index contributed by atoms with van der Waals surface area (Å²) in [6.07, 6.45) is 0.801. The third kappa shape index (κ3) is 9.06. The lowest BCUT2D eigenvalue weighted by Crippen LogP contribution is -2.55. The molecule has 0 bridgehead atoms. The SMILES string of the molecule is CC(C)C[C@H](N)C(=O)N[C@@H](Cc1ccc(OC(=O)c2ccccc2)cc1)C(=O)NC(C)(C)C. The van der Waals surface area contributed by atoms with Crippen molar-refractivity contribution in [3.8, 4) is 5.75 Å². The number of benzene rings is 2. The molecule has 2 aromatic rings. The summed E-state index contributed by atoms with van der Waals surface area (Å²) in [7, 11) is 0. The average molecular weight is 454 g/mol. The Bertz CT molecular complexity index is 934. The Kier molecular flexibility index (Phi) is 9.17. The fourth-order valence-corrected chi connectivity index (χ4v) is 3.23. The maximum atomic E-state index is 12.9. The predicted molar refractivity (Wildman–Crippen MR) is 129 cm³/mol. The minimum absolute atomic E-state index is 0.263. The van der Waals surface area contributed by atoms with E-state index in [4.69, 9.17) is 10.5 Å². The summed E-state index contributed by atoms with van der Waals surface area (Å²) in [6, 6.07) is 14.1. The van der Waals surface area contributed by atoms with E-state index >= 15 is 0 Å². The Morgan fingerprint density at radius 1 is 0.939 bits per heavy atom. The van der Waals surface area contributed by atoms with Gasteiger partial charge in [-0.05, 0) is 62.9 Å². The zero-order valence-electron chi connectivity index (χ0n) is 20.1. The van der Waals surface area contributed by atoms with Crippen molar-refractivity contribution < 1.29 is 19.1 Å². The van der Waals surface area contributed by atoms with Crippen molar-refractivity contribution in [3.63, 3.8) is 0 Å². The highest BCUT2D eigenvalue weighted by Crippen LogP contribution is 2.16. The van der Waals surface area contributed by atoms with Gasteiger partial charge in [0.2, 0.25) is 11.8 Å². The van der Waals surface area contributed by atoms with Crippen LogP contribution in [0.4, 0.5) is 0 Å². The Labute approximate surface area is 196 Å². The normalized spacial score (nSPS) is 13.2. The van der Waals surface area contributed by atoms with Gasteiger partial charge in [0.15, 0.2) is 0 Å². The van der Waals surface area contributed by atoms with E-state index in [2.05, 4.69) is 10.6 Å². The number of carbonyl (C=O) groups is 3. The molecule has 0 aliphatic rings. The molecule has 0 radical (unpaired) electrons. The van der Waals surface area contributed by atoms with Crippen molar-refractivity contribution in [2.75, 3.05) is 0 Å². The van der Waals surface area contributed by atoms with Crippen LogP contribution in [0, 0.1) is 5.92 Å². The fourth-order valence-electron chi connectivity index (χ4n) is 3.23. The molecular formula is C26H35N3O4. The van der Waals surface area contributed by atoms with Crippen LogP contribution >= 0.6 is 0 Å². The molecule has 0 unspecified atom stereocenters. The number of hydrogen-bond acceptors (Lipinski definition) is 5. The quantitative estimate of drug-likeness (QED) is 0.399. The lowest BCUT2D eigenvalue weighted by molar-refractivity contribution is -0.130. The first-order chi connectivity index (χ1) is 15.4. The highest BCUT2D eigenvalue weighted by molar-refractivity contribution is 5.91. The highest BCUT2D eigenvalue weighted by atomic mass is 16.5. The van der Waals surface area contributed by atoms with Gasteiger partial charge in [-0.3, -0.25) is 9.59 Å². The summed E-state index contributed by atoms with van der Waals surface area (Å²) >= 11 is 0. The van der Waals surface area contributed by atoms with E-state index < -0.39 is 23.6 Å². The third-order valence-corrected chi connectivity index (χ3v) is 4.78. The van der Waals surface area contributed by atoms with Gasteiger partial charge in [0.05, 0.1) is 11.6 Å². The summed E-state index contributed by atoms with van der Waals surface area (Å²) in [5.74, 6) is -0.430. The Morgan fingerprint density at radius 3 is 2.09 bits per heavy atom. The fraction of sp³-hybridized carbons (Fsp3) is 0.423. The molecule has 0 aromatic heterocycles. The first-order valence-electron chi connectivity index (χ1n) is 11.2. The minimum Gasteiger partial charge on any atom is -0.423 e. The zero-order valence-corrected chi connectivity index (χ0v) is 20.1. The second-order valence-electron chi connectivity index (χ2n) is 9.64. The number of nitrogens with two attached hydrogens (primary N) is 1. The van der Waals surface area contributed by atoms with Crippen LogP contribution in [-0.4, -0.2) is 35.4 Å². The molecular weight excluding hydrogens is 418 g/mol. The molecule has 2 aromatic carbocycles. The molecule has 2 rings (SSSR count). The molecule has 0 spiro atoms. The number of hydrogen-bond donors (Lipinski definition) is 3. The summed E-state index contributed by atoms with van der Waals surface area (Å²) in [4.78, 5) is 37.7. The molecule has 178 valence electrons. The van der Waals surface area contributed by atoms with Crippen molar-refractivity contribution in [2.45, 2.75) is 65.1 Å². The molecule has 0 aliphatic heterocycles. The van der Waals surface area contributed by atoms with E-state index in [0.29, 0.717) is 17.7 Å². The number of esters is 1. The second kappa shape index (κ2) is 11.6. The summed E-state index contributed by atoms with van der Waals surface area (Å²) < 4.78 is 5.40. The molecule has 2 atom stereocenters. The number of ether oxygens (including phenoxy) is 1. The average Bonchev–Trinajstić information content (AvgIpc) is 2.73. The van der Waals surface area contributed by atoms with E-state index in [1.807, 2.05) is 40.7 Å². The molecule has 7 heteroatoms. The largest absolute Gasteiger partial charge is 0.423 e. The van der Waals surface area contributed by atoms with Crippen molar-refractivity contribution >= 4 is 17.8 Å². The van der Waals surface area contributed by atoms with Gasteiger partial charge in [0.1, 0.15) is 11.8 Å². The van der Waals surface area contributed by atoms with E-state index in [0.717, 1.165) is 5.56 Å². The lowest BCUT2D eigenvalue weighted by atomic mass is 10.0. The zero-order chi connectivity index (χ0) is 24.6. The number of rotatable bonds is 9. The monoisotopic (exact) mass is 453 g/mol. The van der Waals surface area contributed by atoms with Crippen molar-refractivity contribution in [3.05, 3.63) is 65.7 Å². The van der Waals surface area contributed by atoms with Crippen LogP contribution in [0.5, 0.6) is 5.75 Å². The standard InChI is InChI=1S/C26H35N3O4/c1-17(2)15-21(27)23(30)28-22(24(31)29-26(3,4)5)16-18-11-13-20(14-12-18)33-25(32)19-9-7-6-8-10-19/h6-14,17,21-22H,15-16,27H2,1-5H3,(H,28,30)(H,29,31)/t21-,22-/m0/s1. The maximum Gasteiger partial charge on any atom is 0.343 e. The van der Waals surface area contributed by atoms with Gasteiger partial charge in [0, 0.05) is 12.0 Å². The number of amides is 2. The summed E-state index contributed by atoms with van der Waals surface area (Å²) in [5.41, 5.74) is 6.83. The van der Waals surface area contributed by atoms with E-state index in [9.17, 15) is 14.4 Å². The molecule has 0 heterocycles. The molecule has 33 heavy (non-hydrogen) atoms. The van der Waals surface area contributed by atoms with Crippen LogP contribution in [-0.2, 0) is 16.0 Å². The maximum absolute atomic E-state index is 12.9. The Balaban J connectivity index is 2.10. The van der Waals surface area contributed by atoms with E-state index in [-0.39, 0.29) is 24.2 Å². The molecule has 0 saturated heterocycles. The molecule has 7 nitrogen and oxygen atoms in total. The number of nitrogens with one attached hydrogen (secondary N) is 2. The van der Waals surface area contributed by atoms with Gasteiger partial charge in [-0.1, -0.05) is 44.2 Å². The third-order valence-electron chi connectivity index (χ3n) is 4.78. The smallest absolute Gasteiger partial charge is 0.343 e. The molecule has 2 amide bonds. The Morgan fingerprint density at radius 2 is 1.55 bits per heavy atom. The minimum atomic E-state index is -0.785. The first kappa shape index (κ1) is 26.1. The topological polar surface area (TPSA) is 111 Å². The van der Waals surface area contributed by atoms with Crippen LogP contribution in [0.15, 0.2) is 54.6 Å². The molecule has 0 saturated carbocycles. The van der Waals surface area contributed by atoms with Gasteiger partial charge < -0.3 is 21.1 Å². The van der Waals surface area contributed by atoms with E-state index in [1.165, 1.54) is 0 Å². The van der Waals surface area contributed by atoms with Crippen LogP contribution in [0.2, 0.25) is 0 Å². The van der Waals surface area contributed by atoms with Crippen molar-refractivity contribution in [1.82, 2.24) is 10.6 Å². The summed E-state index contributed by atoms with van der Waals surface area (Å²) in [6.45, 7) is 9.62. The summed E-state index contributed by atoms with van der Waals surface area (Å²) in [5, 5.41) is 5.72.